The second-order valence-electron chi connectivity index (χ2n) is 7.00. The Morgan fingerprint density at radius 1 is 1.14 bits per heavy atom. The van der Waals surface area contributed by atoms with Gasteiger partial charge in [0.25, 0.3) is 0 Å². The first kappa shape index (κ1) is 20.1. The summed E-state index contributed by atoms with van der Waals surface area (Å²) in [5.41, 5.74) is 1.09. The van der Waals surface area contributed by atoms with E-state index in [-0.39, 0.29) is 23.3 Å². The highest BCUT2D eigenvalue weighted by Crippen LogP contribution is 2.29. The number of ketones is 1. The van der Waals surface area contributed by atoms with E-state index in [2.05, 4.69) is 5.32 Å². The molecule has 0 aliphatic heterocycles. The molecule has 0 unspecified atom stereocenters. The van der Waals surface area contributed by atoms with Crippen LogP contribution in [0.2, 0.25) is 0 Å². The predicted octanol–water partition coefficient (Wildman–Crippen LogP) is 3.17. The average Bonchev–Trinajstić information content (AvgIpc) is 2.67. The molecule has 0 amide bonds. The van der Waals surface area contributed by atoms with Gasteiger partial charge in [-0.3, -0.25) is 4.79 Å². The van der Waals surface area contributed by atoms with Crippen LogP contribution in [0.15, 0.2) is 57.7 Å². The molecule has 0 fully saturated rings. The van der Waals surface area contributed by atoms with Crippen LogP contribution in [-0.4, -0.2) is 37.0 Å². The van der Waals surface area contributed by atoms with Gasteiger partial charge in [0.15, 0.2) is 5.78 Å². The van der Waals surface area contributed by atoms with Crippen LogP contribution in [-0.2, 0) is 11.2 Å². The number of hydrogen-bond acceptors (Lipinski definition) is 6. The Bertz CT molecular complexity index is 1120. The number of carboxylic acid groups (broad SMARTS) is 1. The molecule has 1 atom stereocenters. The van der Waals surface area contributed by atoms with Crippen LogP contribution < -0.4 is 15.8 Å². The van der Waals surface area contributed by atoms with E-state index in [0.717, 1.165) is 11.3 Å². The summed E-state index contributed by atoms with van der Waals surface area (Å²) in [4.78, 5) is 38.4. The van der Waals surface area contributed by atoms with E-state index < -0.39 is 23.4 Å². The van der Waals surface area contributed by atoms with E-state index in [1.165, 1.54) is 6.92 Å². The van der Waals surface area contributed by atoms with Crippen molar-refractivity contribution in [3.8, 4) is 0 Å². The maximum absolute atomic E-state index is 12.5. The third-order valence-corrected chi connectivity index (χ3v) is 4.66. The van der Waals surface area contributed by atoms with Crippen LogP contribution in [0.3, 0.4) is 0 Å². The Hall–Kier alpha value is -3.61. The SMILES string of the molecule is CC(=O)c1c(N[C@@H](Cc2ccccc2)C(=O)O)c2ccc(N(C)C)cc2oc1=O. The van der Waals surface area contributed by atoms with Gasteiger partial charge in [0.05, 0.1) is 5.69 Å². The molecule has 0 saturated heterocycles. The van der Waals surface area contributed by atoms with Gasteiger partial charge < -0.3 is 19.7 Å². The van der Waals surface area contributed by atoms with Crippen LogP contribution in [0.25, 0.3) is 11.0 Å². The summed E-state index contributed by atoms with van der Waals surface area (Å²) in [7, 11) is 3.70. The summed E-state index contributed by atoms with van der Waals surface area (Å²) in [6.07, 6.45) is 0.186. The van der Waals surface area contributed by atoms with E-state index in [0.29, 0.717) is 5.39 Å². The van der Waals surface area contributed by atoms with Crippen LogP contribution in [0.4, 0.5) is 11.4 Å². The van der Waals surface area contributed by atoms with Gasteiger partial charge in [-0.2, -0.15) is 0 Å². The van der Waals surface area contributed by atoms with Crippen molar-refractivity contribution >= 4 is 34.1 Å². The topological polar surface area (TPSA) is 99.8 Å². The standard InChI is InChI=1S/C22H22N2O5/c1-13(25)19-20(23-17(21(26)27)11-14-7-5-4-6-8-14)16-10-9-15(24(2)3)12-18(16)29-22(19)28/h4-10,12,17,23H,11H2,1-3H3,(H,26,27)/t17-/m0/s1. The molecular formula is C22H22N2O5. The van der Waals surface area contributed by atoms with Crippen molar-refractivity contribution in [2.24, 2.45) is 0 Å². The van der Waals surface area contributed by atoms with Gasteiger partial charge in [-0.05, 0) is 24.6 Å². The van der Waals surface area contributed by atoms with E-state index in [1.807, 2.05) is 55.4 Å². The minimum absolute atomic E-state index is 0.178. The molecule has 3 aromatic rings. The molecule has 0 bridgehead atoms. The number of benzene rings is 2. The van der Waals surface area contributed by atoms with Crippen LogP contribution in [0, 0.1) is 0 Å². The highest BCUT2D eigenvalue weighted by Gasteiger charge is 2.24. The van der Waals surface area contributed by atoms with Gasteiger partial charge in [0, 0.05) is 37.7 Å². The quantitative estimate of drug-likeness (QED) is 0.469. The second-order valence-corrected chi connectivity index (χ2v) is 7.00. The lowest BCUT2D eigenvalue weighted by molar-refractivity contribution is -0.137. The number of anilines is 2. The summed E-state index contributed by atoms with van der Waals surface area (Å²) < 4.78 is 5.36. The first-order valence-corrected chi connectivity index (χ1v) is 9.10. The first-order valence-electron chi connectivity index (χ1n) is 9.10. The third-order valence-electron chi connectivity index (χ3n) is 4.66. The Labute approximate surface area is 167 Å². The van der Waals surface area contributed by atoms with Gasteiger partial charge in [-0.1, -0.05) is 30.3 Å². The number of nitrogens with one attached hydrogen (secondary N) is 1. The summed E-state index contributed by atoms with van der Waals surface area (Å²) >= 11 is 0. The summed E-state index contributed by atoms with van der Waals surface area (Å²) in [6.45, 7) is 1.25. The van der Waals surface area contributed by atoms with Crippen LogP contribution in [0.1, 0.15) is 22.8 Å². The molecule has 0 aliphatic carbocycles. The largest absolute Gasteiger partial charge is 0.480 e. The van der Waals surface area contributed by atoms with Crippen molar-refractivity contribution in [3.05, 3.63) is 70.1 Å². The molecular weight excluding hydrogens is 372 g/mol. The van der Waals surface area contributed by atoms with Gasteiger partial charge in [0.1, 0.15) is 17.2 Å². The zero-order valence-electron chi connectivity index (χ0n) is 16.4. The van der Waals surface area contributed by atoms with Crippen LogP contribution in [0.5, 0.6) is 0 Å². The van der Waals surface area contributed by atoms with E-state index in [4.69, 9.17) is 4.42 Å². The fourth-order valence-corrected chi connectivity index (χ4v) is 3.16. The van der Waals surface area contributed by atoms with E-state index >= 15 is 0 Å². The van der Waals surface area contributed by atoms with Gasteiger partial charge >= 0.3 is 11.6 Å². The number of Topliss-reactive ketones (excluding diaryl/α,β-unsaturated/α-hetero) is 1. The highest BCUT2D eigenvalue weighted by atomic mass is 16.4. The van der Waals surface area contributed by atoms with E-state index in [1.54, 1.807) is 12.1 Å². The molecule has 7 heteroatoms. The Morgan fingerprint density at radius 3 is 2.41 bits per heavy atom. The number of rotatable bonds is 7. The lowest BCUT2D eigenvalue weighted by atomic mass is 10.0. The average molecular weight is 394 g/mol. The zero-order valence-corrected chi connectivity index (χ0v) is 16.4. The molecule has 0 spiro atoms. The molecule has 7 nitrogen and oxygen atoms in total. The number of hydrogen-bond donors (Lipinski definition) is 2. The zero-order chi connectivity index (χ0) is 21.1. The monoisotopic (exact) mass is 394 g/mol. The smallest absolute Gasteiger partial charge is 0.349 e. The van der Waals surface area contributed by atoms with Crippen molar-refractivity contribution in [1.82, 2.24) is 0 Å². The summed E-state index contributed by atoms with van der Waals surface area (Å²) in [5.74, 6) is -1.58. The number of fused-ring (bicyclic) bond motifs is 1. The molecule has 2 aromatic carbocycles. The molecule has 0 saturated carbocycles. The van der Waals surface area contributed by atoms with Crippen molar-refractivity contribution in [1.29, 1.82) is 0 Å². The number of carbonyl (C=O) groups excluding carboxylic acids is 1. The lowest BCUT2D eigenvalue weighted by Gasteiger charge is -2.20. The Morgan fingerprint density at radius 2 is 1.83 bits per heavy atom. The molecule has 1 heterocycles. The summed E-state index contributed by atoms with van der Waals surface area (Å²) in [6, 6.07) is 13.3. The third kappa shape index (κ3) is 4.29. The fraction of sp³-hybridized carbons (Fsp3) is 0.227. The van der Waals surface area contributed by atoms with Crippen molar-refractivity contribution in [3.63, 3.8) is 0 Å². The lowest BCUT2D eigenvalue weighted by Crippen LogP contribution is -2.33. The Balaban J connectivity index is 2.14. The molecule has 150 valence electrons. The van der Waals surface area contributed by atoms with Crippen molar-refractivity contribution < 1.29 is 19.1 Å². The number of carbonyl (C=O) groups is 2. The van der Waals surface area contributed by atoms with Crippen LogP contribution >= 0.6 is 0 Å². The minimum atomic E-state index is -1.09. The first-order chi connectivity index (χ1) is 13.8. The van der Waals surface area contributed by atoms with Crippen molar-refractivity contribution in [2.75, 3.05) is 24.3 Å². The second kappa shape index (κ2) is 8.18. The molecule has 3 rings (SSSR count). The maximum atomic E-state index is 12.5. The Kier molecular flexibility index (Phi) is 5.68. The molecule has 2 N–H and O–H groups in total. The fourth-order valence-electron chi connectivity index (χ4n) is 3.16. The van der Waals surface area contributed by atoms with E-state index in [9.17, 15) is 19.5 Å². The highest BCUT2D eigenvalue weighted by molar-refractivity contribution is 6.07. The van der Waals surface area contributed by atoms with Crippen molar-refractivity contribution in [2.45, 2.75) is 19.4 Å². The molecule has 0 radical (unpaired) electrons. The van der Waals surface area contributed by atoms with Gasteiger partial charge in [-0.15, -0.1) is 0 Å². The minimum Gasteiger partial charge on any atom is -0.480 e. The van der Waals surface area contributed by atoms with Gasteiger partial charge in [0.2, 0.25) is 0 Å². The van der Waals surface area contributed by atoms with Gasteiger partial charge in [-0.25, -0.2) is 9.59 Å². The normalized spacial score (nSPS) is 11.8. The predicted molar refractivity (Wildman–Crippen MR) is 112 cm³/mol. The number of aliphatic carboxylic acids is 1. The maximum Gasteiger partial charge on any atom is 0.349 e. The summed E-state index contributed by atoms with van der Waals surface area (Å²) in [5, 5.41) is 13.1. The molecule has 1 aromatic heterocycles. The number of nitrogens with zero attached hydrogens (tertiary/aromatic N) is 1. The number of carboxylic acids is 1. The molecule has 0 aliphatic rings. The molecule has 29 heavy (non-hydrogen) atoms.